The highest BCUT2D eigenvalue weighted by atomic mass is 35.5. The van der Waals surface area contributed by atoms with Crippen molar-refractivity contribution in [1.29, 1.82) is 0 Å². The topological polar surface area (TPSA) is 21.3 Å². The van der Waals surface area contributed by atoms with Gasteiger partial charge in [-0.05, 0) is 25.0 Å². The van der Waals surface area contributed by atoms with Gasteiger partial charge in [-0.1, -0.05) is 29.3 Å². The third kappa shape index (κ3) is 2.12. The van der Waals surface area contributed by atoms with Crippen molar-refractivity contribution in [2.75, 3.05) is 5.88 Å². The van der Waals surface area contributed by atoms with E-state index in [1.165, 1.54) is 12.8 Å². The summed E-state index contributed by atoms with van der Waals surface area (Å²) in [5, 5.41) is 1.26. The van der Waals surface area contributed by atoms with Crippen LogP contribution in [-0.4, -0.2) is 5.88 Å². The van der Waals surface area contributed by atoms with Gasteiger partial charge in [-0.2, -0.15) is 0 Å². The van der Waals surface area contributed by atoms with Gasteiger partial charge in [-0.3, -0.25) is 0 Å². The van der Waals surface area contributed by atoms with Crippen LogP contribution in [0.4, 0.5) is 0 Å². The Labute approximate surface area is 121 Å². The van der Waals surface area contributed by atoms with Crippen LogP contribution in [0, 0.1) is 5.92 Å². The lowest BCUT2D eigenvalue weighted by atomic mass is 9.99. The molecule has 2 nitrogen and oxygen atoms in total. The van der Waals surface area contributed by atoms with Crippen molar-refractivity contribution in [2.24, 2.45) is 5.92 Å². The van der Waals surface area contributed by atoms with Crippen LogP contribution in [0.3, 0.4) is 0 Å². The number of hydrogen-bond donors (Lipinski definition) is 1. The van der Waals surface area contributed by atoms with E-state index in [1.54, 1.807) is 0 Å². The number of allylic oxidation sites excluding steroid dienone is 1. The predicted octanol–water partition coefficient (Wildman–Crippen LogP) is 4.47. The Kier molecular flexibility index (Phi) is 3.46. The largest absolute Gasteiger partial charge is 0.412 e. The summed E-state index contributed by atoms with van der Waals surface area (Å²) in [6, 6.07) is 5.34. The zero-order chi connectivity index (χ0) is 12.7. The van der Waals surface area contributed by atoms with Crippen LogP contribution in [-0.2, 0) is 4.84 Å². The third-order valence-electron chi connectivity index (χ3n) is 3.33. The fourth-order valence-electron chi connectivity index (χ4n) is 2.26. The highest BCUT2D eigenvalue weighted by Gasteiger charge is 2.38. The number of rotatable bonds is 3. The molecule has 0 aromatic heterocycles. The lowest BCUT2D eigenvalue weighted by Crippen LogP contribution is -2.16. The van der Waals surface area contributed by atoms with Gasteiger partial charge in [0.05, 0.1) is 6.04 Å². The number of hydrogen-bond acceptors (Lipinski definition) is 2. The van der Waals surface area contributed by atoms with E-state index in [-0.39, 0.29) is 6.04 Å². The van der Waals surface area contributed by atoms with Gasteiger partial charge in [0.1, 0.15) is 5.76 Å². The summed E-state index contributed by atoms with van der Waals surface area (Å²) in [6.07, 6.45) is 2.33. The van der Waals surface area contributed by atoms with Crippen molar-refractivity contribution >= 4 is 34.8 Å². The Morgan fingerprint density at radius 3 is 2.44 bits per heavy atom. The molecule has 3 rings (SSSR count). The van der Waals surface area contributed by atoms with Gasteiger partial charge in [0.25, 0.3) is 0 Å². The Bertz CT molecular complexity index is 491. The third-order valence-corrected chi connectivity index (χ3v) is 4.28. The minimum atomic E-state index is -0.140. The number of halogens is 3. The van der Waals surface area contributed by atoms with Crippen LogP contribution in [0.25, 0.3) is 0 Å². The SMILES string of the molecule is ClCC1=C(C2CC2)ONC1c1c(Cl)cccc1Cl. The molecule has 1 aromatic rings. The second-order valence-corrected chi connectivity index (χ2v) is 5.67. The number of hydroxylamine groups is 1. The predicted molar refractivity (Wildman–Crippen MR) is 73.9 cm³/mol. The smallest absolute Gasteiger partial charge is 0.129 e. The molecule has 1 saturated carbocycles. The van der Waals surface area contributed by atoms with Crippen molar-refractivity contribution < 1.29 is 4.84 Å². The number of nitrogens with one attached hydrogen (secondary N) is 1. The van der Waals surface area contributed by atoms with Crippen molar-refractivity contribution in [3.8, 4) is 0 Å². The molecule has 1 N–H and O–H groups in total. The van der Waals surface area contributed by atoms with Crippen LogP contribution in [0.2, 0.25) is 10.0 Å². The van der Waals surface area contributed by atoms with Crippen molar-refractivity contribution in [3.05, 3.63) is 45.1 Å². The quantitative estimate of drug-likeness (QED) is 0.832. The van der Waals surface area contributed by atoms with Crippen molar-refractivity contribution in [3.63, 3.8) is 0 Å². The molecule has 0 amide bonds. The van der Waals surface area contributed by atoms with Crippen LogP contribution in [0.1, 0.15) is 24.4 Å². The Hall–Kier alpha value is -0.410. The van der Waals surface area contributed by atoms with E-state index in [9.17, 15) is 0 Å². The highest BCUT2D eigenvalue weighted by molar-refractivity contribution is 6.36. The zero-order valence-corrected chi connectivity index (χ0v) is 11.8. The minimum Gasteiger partial charge on any atom is -0.412 e. The van der Waals surface area contributed by atoms with Crippen LogP contribution >= 0.6 is 34.8 Å². The second-order valence-electron chi connectivity index (χ2n) is 4.59. The standard InChI is InChI=1S/C13H12Cl3NO/c14-6-8-12(17-18-13(8)7-4-5-7)11-9(15)2-1-3-10(11)16/h1-3,7,12,17H,4-6H2. The molecule has 1 aliphatic heterocycles. The summed E-state index contributed by atoms with van der Waals surface area (Å²) in [4.78, 5) is 5.59. The molecule has 0 saturated heterocycles. The molecule has 1 heterocycles. The zero-order valence-electron chi connectivity index (χ0n) is 9.55. The van der Waals surface area contributed by atoms with E-state index >= 15 is 0 Å². The van der Waals surface area contributed by atoms with Gasteiger partial charge >= 0.3 is 0 Å². The lowest BCUT2D eigenvalue weighted by molar-refractivity contribution is 0.107. The second kappa shape index (κ2) is 4.93. The Morgan fingerprint density at radius 2 is 1.89 bits per heavy atom. The molecule has 1 fully saturated rings. The van der Waals surface area contributed by atoms with Crippen molar-refractivity contribution in [2.45, 2.75) is 18.9 Å². The fourth-order valence-corrected chi connectivity index (χ4v) is 3.16. The maximum Gasteiger partial charge on any atom is 0.129 e. The summed E-state index contributed by atoms with van der Waals surface area (Å²) in [7, 11) is 0. The van der Waals surface area contributed by atoms with Gasteiger partial charge in [-0.15, -0.1) is 17.1 Å². The first-order chi connectivity index (χ1) is 8.72. The van der Waals surface area contributed by atoms with E-state index in [4.69, 9.17) is 39.6 Å². The number of benzene rings is 1. The first-order valence-corrected chi connectivity index (χ1v) is 7.16. The molecule has 0 bridgehead atoms. The van der Waals surface area contributed by atoms with Gasteiger partial charge in [0, 0.05) is 33.0 Å². The summed E-state index contributed by atoms with van der Waals surface area (Å²) in [6.45, 7) is 0. The molecule has 0 radical (unpaired) electrons. The Balaban J connectivity index is 2.02. The van der Waals surface area contributed by atoms with Gasteiger partial charge < -0.3 is 4.84 Å². The molecule has 18 heavy (non-hydrogen) atoms. The minimum absolute atomic E-state index is 0.140. The van der Waals surface area contributed by atoms with Crippen LogP contribution < -0.4 is 5.48 Å². The molecule has 0 spiro atoms. The first kappa shape index (κ1) is 12.6. The average Bonchev–Trinajstić information content (AvgIpc) is 3.10. The molecular formula is C13H12Cl3NO. The molecule has 96 valence electrons. The maximum absolute atomic E-state index is 6.23. The van der Waals surface area contributed by atoms with Crippen molar-refractivity contribution in [1.82, 2.24) is 5.48 Å². The van der Waals surface area contributed by atoms with Crippen LogP contribution in [0.5, 0.6) is 0 Å². The summed E-state index contributed by atoms with van der Waals surface area (Å²) < 4.78 is 0. The van der Waals surface area contributed by atoms with E-state index in [0.29, 0.717) is 21.8 Å². The molecule has 5 heteroatoms. The summed E-state index contributed by atoms with van der Waals surface area (Å²) in [5.41, 5.74) is 4.89. The molecule has 1 unspecified atom stereocenters. The summed E-state index contributed by atoms with van der Waals surface area (Å²) in [5.74, 6) is 1.91. The molecule has 2 aliphatic rings. The molecular weight excluding hydrogens is 293 g/mol. The molecule has 1 aliphatic carbocycles. The fraction of sp³-hybridized carbons (Fsp3) is 0.385. The summed E-state index contributed by atoms with van der Waals surface area (Å²) >= 11 is 18.5. The maximum atomic E-state index is 6.23. The molecule has 1 atom stereocenters. The Morgan fingerprint density at radius 1 is 1.22 bits per heavy atom. The molecule has 1 aromatic carbocycles. The van der Waals surface area contributed by atoms with Crippen LogP contribution in [0.15, 0.2) is 29.5 Å². The normalized spacial score (nSPS) is 23.4. The van der Waals surface area contributed by atoms with E-state index in [0.717, 1.165) is 16.9 Å². The lowest BCUT2D eigenvalue weighted by Gasteiger charge is -2.15. The van der Waals surface area contributed by atoms with Gasteiger partial charge in [-0.25, -0.2) is 0 Å². The van der Waals surface area contributed by atoms with Gasteiger partial charge in [0.2, 0.25) is 0 Å². The highest BCUT2D eigenvalue weighted by Crippen LogP contribution is 2.46. The van der Waals surface area contributed by atoms with E-state index in [2.05, 4.69) is 5.48 Å². The number of alkyl halides is 1. The van der Waals surface area contributed by atoms with Gasteiger partial charge in [0.15, 0.2) is 0 Å². The average molecular weight is 305 g/mol. The first-order valence-electron chi connectivity index (χ1n) is 5.87. The monoisotopic (exact) mass is 303 g/mol. The van der Waals surface area contributed by atoms with E-state index in [1.807, 2.05) is 18.2 Å². The van der Waals surface area contributed by atoms with E-state index < -0.39 is 0 Å².